The summed E-state index contributed by atoms with van der Waals surface area (Å²) in [6, 6.07) is 14.3. The average molecular weight is 334 g/mol. The van der Waals surface area contributed by atoms with E-state index in [2.05, 4.69) is 47.2 Å². The molecule has 0 aliphatic carbocycles. The smallest absolute Gasteiger partial charge is 0.120 e. The third kappa shape index (κ3) is 3.62. The van der Waals surface area contributed by atoms with E-state index in [-0.39, 0.29) is 12.1 Å². The molecule has 2 aromatic rings. The second kappa shape index (κ2) is 6.42. The molecule has 2 unspecified atom stereocenters. The SMILES string of the molecule is Cc1ccc(O)c(C(C)NC(C)c2ccc(Br)cc2)c1. The third-order valence-electron chi connectivity index (χ3n) is 3.52. The van der Waals surface area contributed by atoms with Crippen LogP contribution in [0, 0.1) is 6.92 Å². The number of aromatic hydroxyl groups is 1. The zero-order valence-electron chi connectivity index (χ0n) is 12.0. The van der Waals surface area contributed by atoms with Gasteiger partial charge in [0.1, 0.15) is 5.75 Å². The highest BCUT2D eigenvalue weighted by Crippen LogP contribution is 2.27. The number of rotatable bonds is 4. The fourth-order valence-corrected chi connectivity index (χ4v) is 2.60. The van der Waals surface area contributed by atoms with Crippen LogP contribution in [0.25, 0.3) is 0 Å². The standard InChI is InChI=1S/C17H20BrNO/c1-11-4-9-17(20)16(10-11)13(3)19-12(2)14-5-7-15(18)8-6-14/h4-10,12-13,19-20H,1-3H3. The van der Waals surface area contributed by atoms with Gasteiger partial charge in [-0.25, -0.2) is 0 Å². The summed E-state index contributed by atoms with van der Waals surface area (Å²) in [5, 5.41) is 13.5. The van der Waals surface area contributed by atoms with Crippen LogP contribution in [0.3, 0.4) is 0 Å². The summed E-state index contributed by atoms with van der Waals surface area (Å²) in [4.78, 5) is 0. The van der Waals surface area contributed by atoms with E-state index < -0.39 is 0 Å². The Hall–Kier alpha value is -1.32. The molecule has 0 radical (unpaired) electrons. The van der Waals surface area contributed by atoms with E-state index in [9.17, 15) is 5.11 Å². The molecular formula is C17H20BrNO. The minimum Gasteiger partial charge on any atom is -0.508 e. The fourth-order valence-electron chi connectivity index (χ4n) is 2.33. The molecule has 0 aromatic heterocycles. The van der Waals surface area contributed by atoms with Crippen molar-refractivity contribution >= 4 is 15.9 Å². The van der Waals surface area contributed by atoms with Crippen LogP contribution in [0.2, 0.25) is 0 Å². The number of phenols is 1. The summed E-state index contributed by atoms with van der Waals surface area (Å²) in [5.74, 6) is 0.346. The number of hydrogen-bond donors (Lipinski definition) is 2. The van der Waals surface area contributed by atoms with Crippen LogP contribution < -0.4 is 5.32 Å². The summed E-state index contributed by atoms with van der Waals surface area (Å²) in [5.41, 5.74) is 3.32. The summed E-state index contributed by atoms with van der Waals surface area (Å²) in [7, 11) is 0. The van der Waals surface area contributed by atoms with Gasteiger partial charge in [0.05, 0.1) is 0 Å². The Kier molecular flexibility index (Phi) is 4.84. The van der Waals surface area contributed by atoms with Crippen molar-refractivity contribution < 1.29 is 5.11 Å². The maximum Gasteiger partial charge on any atom is 0.120 e. The first-order valence-corrected chi connectivity index (χ1v) is 7.57. The Labute approximate surface area is 129 Å². The molecule has 0 bridgehead atoms. The number of aryl methyl sites for hydroxylation is 1. The molecule has 2 rings (SSSR count). The van der Waals surface area contributed by atoms with Crippen molar-refractivity contribution in [1.82, 2.24) is 5.32 Å². The predicted octanol–water partition coefficient (Wildman–Crippen LogP) is 4.87. The zero-order valence-corrected chi connectivity index (χ0v) is 13.6. The molecule has 2 aromatic carbocycles. The number of phenolic OH excluding ortho intramolecular Hbond substituents is 1. The number of benzene rings is 2. The first-order chi connectivity index (χ1) is 9.47. The van der Waals surface area contributed by atoms with Gasteiger partial charge in [-0.3, -0.25) is 0 Å². The van der Waals surface area contributed by atoms with Gasteiger partial charge in [0.25, 0.3) is 0 Å². The molecule has 0 spiro atoms. The normalized spacial score (nSPS) is 14.0. The van der Waals surface area contributed by atoms with Crippen LogP contribution in [0.1, 0.15) is 42.6 Å². The van der Waals surface area contributed by atoms with Gasteiger partial charge in [0.15, 0.2) is 0 Å². The lowest BCUT2D eigenvalue weighted by atomic mass is 10.0. The monoisotopic (exact) mass is 333 g/mol. The minimum absolute atomic E-state index is 0.0912. The fraction of sp³-hybridized carbons (Fsp3) is 0.294. The Morgan fingerprint density at radius 3 is 2.30 bits per heavy atom. The molecular weight excluding hydrogens is 314 g/mol. The molecule has 0 heterocycles. The number of hydrogen-bond acceptors (Lipinski definition) is 2. The number of halogens is 1. The van der Waals surface area contributed by atoms with Crippen molar-refractivity contribution in [2.24, 2.45) is 0 Å². The van der Waals surface area contributed by atoms with Crippen LogP contribution in [0.5, 0.6) is 5.75 Å². The molecule has 3 heteroatoms. The van der Waals surface area contributed by atoms with E-state index in [0.717, 1.165) is 15.6 Å². The topological polar surface area (TPSA) is 32.3 Å². The van der Waals surface area contributed by atoms with Crippen molar-refractivity contribution in [1.29, 1.82) is 0 Å². The van der Waals surface area contributed by atoms with Gasteiger partial charge in [-0.05, 0) is 44.5 Å². The maximum absolute atomic E-state index is 9.98. The van der Waals surface area contributed by atoms with Crippen LogP contribution in [0.15, 0.2) is 46.9 Å². The zero-order chi connectivity index (χ0) is 14.7. The predicted molar refractivity (Wildman–Crippen MR) is 87.0 cm³/mol. The van der Waals surface area contributed by atoms with E-state index in [1.54, 1.807) is 6.07 Å². The second-order valence-corrected chi connectivity index (χ2v) is 6.14. The largest absolute Gasteiger partial charge is 0.508 e. The number of nitrogens with one attached hydrogen (secondary N) is 1. The molecule has 0 aliphatic rings. The summed E-state index contributed by atoms with van der Waals surface area (Å²) >= 11 is 3.45. The Morgan fingerprint density at radius 1 is 1.00 bits per heavy atom. The molecule has 0 saturated heterocycles. The van der Waals surface area contributed by atoms with Crippen molar-refractivity contribution in [3.63, 3.8) is 0 Å². The van der Waals surface area contributed by atoms with E-state index in [1.165, 1.54) is 5.56 Å². The lowest BCUT2D eigenvalue weighted by molar-refractivity contribution is 0.438. The Bertz CT molecular complexity index is 580. The lowest BCUT2D eigenvalue weighted by Crippen LogP contribution is -2.22. The first kappa shape index (κ1) is 15.1. The van der Waals surface area contributed by atoms with Crippen LogP contribution >= 0.6 is 15.9 Å². The van der Waals surface area contributed by atoms with Gasteiger partial charge in [0, 0.05) is 22.1 Å². The molecule has 20 heavy (non-hydrogen) atoms. The Balaban J connectivity index is 2.12. The summed E-state index contributed by atoms with van der Waals surface area (Å²) in [6.45, 7) is 6.24. The molecule has 106 valence electrons. The van der Waals surface area contributed by atoms with Gasteiger partial charge in [-0.1, -0.05) is 45.8 Å². The van der Waals surface area contributed by atoms with Gasteiger partial charge in [-0.15, -0.1) is 0 Å². The molecule has 2 atom stereocenters. The van der Waals surface area contributed by atoms with Gasteiger partial charge in [0.2, 0.25) is 0 Å². The minimum atomic E-state index is 0.0912. The van der Waals surface area contributed by atoms with Crippen molar-refractivity contribution in [3.8, 4) is 5.75 Å². The van der Waals surface area contributed by atoms with Gasteiger partial charge in [-0.2, -0.15) is 0 Å². The van der Waals surface area contributed by atoms with Crippen molar-refractivity contribution in [2.45, 2.75) is 32.9 Å². The highest BCUT2D eigenvalue weighted by atomic mass is 79.9. The van der Waals surface area contributed by atoms with Gasteiger partial charge < -0.3 is 10.4 Å². The quantitative estimate of drug-likeness (QED) is 0.836. The summed E-state index contributed by atoms with van der Waals surface area (Å²) < 4.78 is 1.08. The van der Waals surface area contributed by atoms with Crippen LogP contribution in [0.4, 0.5) is 0 Å². The van der Waals surface area contributed by atoms with Gasteiger partial charge >= 0.3 is 0 Å². The van der Waals surface area contributed by atoms with E-state index in [0.29, 0.717) is 5.75 Å². The molecule has 0 aliphatic heterocycles. The van der Waals surface area contributed by atoms with Crippen LogP contribution in [-0.2, 0) is 0 Å². The van der Waals surface area contributed by atoms with Crippen molar-refractivity contribution in [3.05, 3.63) is 63.6 Å². The molecule has 0 saturated carbocycles. The van der Waals surface area contributed by atoms with E-state index in [4.69, 9.17) is 0 Å². The third-order valence-corrected chi connectivity index (χ3v) is 4.05. The summed E-state index contributed by atoms with van der Waals surface area (Å²) in [6.07, 6.45) is 0. The average Bonchev–Trinajstić information content (AvgIpc) is 2.42. The highest BCUT2D eigenvalue weighted by molar-refractivity contribution is 9.10. The first-order valence-electron chi connectivity index (χ1n) is 6.78. The Morgan fingerprint density at radius 2 is 1.65 bits per heavy atom. The second-order valence-electron chi connectivity index (χ2n) is 5.22. The molecule has 0 fully saturated rings. The molecule has 0 amide bonds. The molecule has 2 N–H and O–H groups in total. The lowest BCUT2D eigenvalue weighted by Gasteiger charge is -2.22. The molecule has 2 nitrogen and oxygen atoms in total. The van der Waals surface area contributed by atoms with Crippen LogP contribution in [-0.4, -0.2) is 5.11 Å². The van der Waals surface area contributed by atoms with Crippen molar-refractivity contribution in [2.75, 3.05) is 0 Å². The highest BCUT2D eigenvalue weighted by Gasteiger charge is 2.14. The maximum atomic E-state index is 9.98. The van der Waals surface area contributed by atoms with E-state index in [1.807, 2.05) is 31.2 Å². The van der Waals surface area contributed by atoms with E-state index >= 15 is 0 Å².